The lowest BCUT2D eigenvalue weighted by molar-refractivity contribution is 0.0663. The van der Waals surface area contributed by atoms with E-state index in [4.69, 9.17) is 4.74 Å². The Morgan fingerprint density at radius 2 is 1.75 bits per heavy atom. The molecule has 1 aliphatic carbocycles. The van der Waals surface area contributed by atoms with Gasteiger partial charge < -0.3 is 4.74 Å². The van der Waals surface area contributed by atoms with Crippen molar-refractivity contribution in [1.82, 2.24) is 0 Å². The number of halogens is 1. The number of aryl methyl sites for hydroxylation is 2. The molecular weight excluding hydrogens is 312 g/mol. The van der Waals surface area contributed by atoms with E-state index in [2.05, 4.69) is 46.3 Å². The Balaban J connectivity index is 1.80. The Labute approximate surface area is 128 Å². The van der Waals surface area contributed by atoms with Crippen LogP contribution in [0.4, 0.5) is 0 Å². The quantitative estimate of drug-likeness (QED) is 0.718. The maximum absolute atomic E-state index is 5.50. The van der Waals surface area contributed by atoms with E-state index >= 15 is 0 Å². The maximum atomic E-state index is 5.50. The first-order valence-electron chi connectivity index (χ1n) is 7.60. The maximum Gasteiger partial charge on any atom is 0.0469 e. The van der Waals surface area contributed by atoms with Crippen LogP contribution in [-0.4, -0.2) is 13.2 Å². The van der Waals surface area contributed by atoms with Gasteiger partial charge in [0, 0.05) is 18.0 Å². The van der Waals surface area contributed by atoms with Crippen LogP contribution in [0, 0.1) is 5.92 Å². The smallest absolute Gasteiger partial charge is 0.0469 e. The van der Waals surface area contributed by atoms with Crippen LogP contribution < -0.4 is 0 Å². The third-order valence-electron chi connectivity index (χ3n) is 4.89. The summed E-state index contributed by atoms with van der Waals surface area (Å²) in [7, 11) is 0. The van der Waals surface area contributed by atoms with Gasteiger partial charge in [-0.25, -0.2) is 0 Å². The molecule has 2 aliphatic rings. The van der Waals surface area contributed by atoms with E-state index in [9.17, 15) is 0 Å². The monoisotopic (exact) mass is 330 g/mol. The van der Waals surface area contributed by atoms with E-state index in [1.54, 1.807) is 0 Å². The lowest BCUT2D eigenvalue weighted by atomic mass is 9.89. The topological polar surface area (TPSA) is 9.23 Å². The summed E-state index contributed by atoms with van der Waals surface area (Å²) in [6.45, 7) is 1.82. The van der Waals surface area contributed by atoms with Crippen molar-refractivity contribution in [3.05, 3.63) is 47.0 Å². The summed E-state index contributed by atoms with van der Waals surface area (Å²) in [5.74, 6) is 0.696. The SMILES string of the molecule is BrC(c1ccc2c3c(cccc13)CC2)C1CCOCC1. The van der Waals surface area contributed by atoms with Crippen molar-refractivity contribution < 1.29 is 4.74 Å². The number of hydrogen-bond donors (Lipinski definition) is 0. The van der Waals surface area contributed by atoms with Gasteiger partial charge >= 0.3 is 0 Å². The molecule has 20 heavy (non-hydrogen) atoms. The van der Waals surface area contributed by atoms with Gasteiger partial charge in [0.25, 0.3) is 0 Å². The minimum absolute atomic E-state index is 0.455. The van der Waals surface area contributed by atoms with Gasteiger partial charge in [0.1, 0.15) is 0 Å². The molecule has 0 aromatic heterocycles. The molecule has 1 heterocycles. The zero-order valence-electron chi connectivity index (χ0n) is 11.6. The molecule has 2 aromatic rings. The summed E-state index contributed by atoms with van der Waals surface area (Å²) in [6, 6.07) is 11.5. The third-order valence-corrected chi connectivity index (χ3v) is 6.13. The highest BCUT2D eigenvalue weighted by Gasteiger charge is 2.26. The lowest BCUT2D eigenvalue weighted by Gasteiger charge is -2.27. The van der Waals surface area contributed by atoms with E-state index in [1.807, 2.05) is 0 Å². The fraction of sp³-hybridized carbons (Fsp3) is 0.444. The molecule has 0 radical (unpaired) electrons. The van der Waals surface area contributed by atoms with Gasteiger partial charge in [-0.1, -0.05) is 46.3 Å². The Hall–Kier alpha value is -0.860. The Morgan fingerprint density at radius 3 is 2.55 bits per heavy atom. The minimum atomic E-state index is 0.455. The zero-order valence-corrected chi connectivity index (χ0v) is 13.2. The molecule has 4 rings (SSSR count). The van der Waals surface area contributed by atoms with E-state index < -0.39 is 0 Å². The van der Waals surface area contributed by atoms with E-state index in [0.29, 0.717) is 10.7 Å². The van der Waals surface area contributed by atoms with Crippen LogP contribution in [0.2, 0.25) is 0 Å². The molecule has 1 aliphatic heterocycles. The first-order valence-corrected chi connectivity index (χ1v) is 8.51. The van der Waals surface area contributed by atoms with Crippen molar-refractivity contribution in [3.63, 3.8) is 0 Å². The fourth-order valence-electron chi connectivity index (χ4n) is 3.77. The standard InChI is InChI=1S/C18H19BrO/c19-18(14-8-10-20-11-9-14)16-7-6-13-5-4-12-2-1-3-15(16)17(12)13/h1-3,6-7,14,18H,4-5,8-11H2. The number of benzene rings is 2. The molecule has 0 saturated carbocycles. The van der Waals surface area contributed by atoms with Crippen LogP contribution in [0.5, 0.6) is 0 Å². The first-order chi connectivity index (χ1) is 9.84. The molecule has 1 atom stereocenters. The Bertz CT molecular complexity index is 633. The van der Waals surface area contributed by atoms with Gasteiger partial charge in [-0.3, -0.25) is 0 Å². The van der Waals surface area contributed by atoms with Crippen molar-refractivity contribution in [1.29, 1.82) is 0 Å². The highest BCUT2D eigenvalue weighted by atomic mass is 79.9. The summed E-state index contributed by atoms with van der Waals surface area (Å²) in [6.07, 6.45) is 4.75. The van der Waals surface area contributed by atoms with Crippen LogP contribution in [-0.2, 0) is 17.6 Å². The van der Waals surface area contributed by atoms with Gasteiger partial charge in [0.15, 0.2) is 0 Å². The molecule has 2 aromatic carbocycles. The molecule has 1 nitrogen and oxygen atoms in total. The van der Waals surface area contributed by atoms with Crippen molar-refractivity contribution in [2.75, 3.05) is 13.2 Å². The Morgan fingerprint density at radius 1 is 1.00 bits per heavy atom. The van der Waals surface area contributed by atoms with Gasteiger partial charge in [-0.05, 0) is 59.1 Å². The summed E-state index contributed by atoms with van der Waals surface area (Å²) >= 11 is 3.98. The number of ether oxygens (including phenoxy) is 1. The summed E-state index contributed by atoms with van der Waals surface area (Å²) in [5.41, 5.74) is 4.54. The van der Waals surface area contributed by atoms with E-state index in [-0.39, 0.29) is 0 Å². The predicted molar refractivity (Wildman–Crippen MR) is 86.6 cm³/mol. The fourth-order valence-corrected chi connectivity index (χ4v) is 4.70. The van der Waals surface area contributed by atoms with E-state index in [1.165, 1.54) is 53.1 Å². The normalized spacial score (nSPS) is 20.4. The second-order valence-corrected chi connectivity index (χ2v) is 6.99. The zero-order chi connectivity index (χ0) is 13.5. The molecule has 1 unspecified atom stereocenters. The molecule has 2 heteroatoms. The minimum Gasteiger partial charge on any atom is -0.381 e. The van der Waals surface area contributed by atoms with E-state index in [0.717, 1.165) is 13.2 Å². The number of rotatable bonds is 2. The molecule has 0 N–H and O–H groups in total. The number of alkyl halides is 1. The second kappa shape index (κ2) is 5.16. The van der Waals surface area contributed by atoms with Gasteiger partial charge in [0.2, 0.25) is 0 Å². The third kappa shape index (κ3) is 2.01. The second-order valence-electron chi connectivity index (χ2n) is 6.01. The van der Waals surface area contributed by atoms with Crippen molar-refractivity contribution in [3.8, 4) is 0 Å². The summed E-state index contributed by atoms with van der Waals surface area (Å²) < 4.78 is 5.50. The highest BCUT2D eigenvalue weighted by Crippen LogP contribution is 2.42. The van der Waals surface area contributed by atoms with Gasteiger partial charge in [-0.2, -0.15) is 0 Å². The summed E-state index contributed by atoms with van der Waals surface area (Å²) in [5, 5.41) is 2.99. The van der Waals surface area contributed by atoms with Crippen LogP contribution in [0.15, 0.2) is 30.3 Å². The first kappa shape index (κ1) is 12.8. The van der Waals surface area contributed by atoms with Gasteiger partial charge in [-0.15, -0.1) is 0 Å². The van der Waals surface area contributed by atoms with Gasteiger partial charge in [0.05, 0.1) is 0 Å². The molecule has 1 saturated heterocycles. The molecular formula is C18H19BrO. The average molecular weight is 331 g/mol. The average Bonchev–Trinajstić information content (AvgIpc) is 2.93. The highest BCUT2D eigenvalue weighted by molar-refractivity contribution is 9.09. The molecule has 1 fully saturated rings. The summed E-state index contributed by atoms with van der Waals surface area (Å²) in [4.78, 5) is 0.455. The van der Waals surface area contributed by atoms with Crippen molar-refractivity contribution >= 4 is 26.7 Å². The molecule has 104 valence electrons. The van der Waals surface area contributed by atoms with Crippen LogP contribution in [0.1, 0.15) is 34.4 Å². The van der Waals surface area contributed by atoms with Crippen molar-refractivity contribution in [2.24, 2.45) is 5.92 Å². The lowest BCUT2D eigenvalue weighted by Crippen LogP contribution is -2.19. The van der Waals surface area contributed by atoms with Crippen LogP contribution in [0.3, 0.4) is 0 Å². The van der Waals surface area contributed by atoms with Crippen molar-refractivity contribution in [2.45, 2.75) is 30.5 Å². The Kier molecular flexibility index (Phi) is 3.31. The molecule has 0 amide bonds. The molecule has 0 bridgehead atoms. The molecule has 0 spiro atoms. The van der Waals surface area contributed by atoms with Crippen LogP contribution >= 0.6 is 15.9 Å². The van der Waals surface area contributed by atoms with Crippen LogP contribution in [0.25, 0.3) is 10.8 Å². The largest absolute Gasteiger partial charge is 0.381 e. The predicted octanol–water partition coefficient (Wildman–Crippen LogP) is 4.80. The number of hydrogen-bond acceptors (Lipinski definition) is 1.